The average Bonchev–Trinajstić information content (AvgIpc) is 2.28. The molecule has 1 aromatic carbocycles. The maximum Gasteiger partial charge on any atom is 0.0681 e. The van der Waals surface area contributed by atoms with Crippen molar-refractivity contribution < 1.29 is 5.11 Å². The second-order valence-corrected chi connectivity index (χ2v) is 5.01. The van der Waals surface area contributed by atoms with Crippen LogP contribution in [0.3, 0.4) is 0 Å². The zero-order valence-corrected chi connectivity index (χ0v) is 10.7. The summed E-state index contributed by atoms with van der Waals surface area (Å²) < 4.78 is 0. The molecule has 0 aromatic heterocycles. The van der Waals surface area contributed by atoms with Crippen molar-refractivity contribution in [2.75, 3.05) is 0 Å². The van der Waals surface area contributed by atoms with Crippen LogP contribution in [0, 0.1) is 0 Å². The van der Waals surface area contributed by atoms with E-state index in [1.165, 1.54) is 5.56 Å². The van der Waals surface area contributed by atoms with Gasteiger partial charge in [-0.25, -0.2) is 0 Å². The third kappa shape index (κ3) is 3.62. The molecule has 0 aliphatic heterocycles. The van der Waals surface area contributed by atoms with Gasteiger partial charge in [-0.2, -0.15) is 0 Å². The van der Waals surface area contributed by atoms with E-state index in [9.17, 15) is 0 Å². The Hall–Kier alpha value is -0.860. The second-order valence-electron chi connectivity index (χ2n) is 5.01. The van der Waals surface area contributed by atoms with Crippen molar-refractivity contribution in [3.05, 3.63) is 35.4 Å². The van der Waals surface area contributed by atoms with Gasteiger partial charge in [-0.1, -0.05) is 31.2 Å². The monoisotopic (exact) mass is 221 g/mol. The van der Waals surface area contributed by atoms with Gasteiger partial charge in [0, 0.05) is 11.6 Å². The summed E-state index contributed by atoms with van der Waals surface area (Å²) in [6, 6.07) is 8.41. The van der Waals surface area contributed by atoms with Crippen LogP contribution in [0.15, 0.2) is 24.3 Å². The van der Waals surface area contributed by atoms with Gasteiger partial charge in [-0.15, -0.1) is 0 Å². The highest BCUT2D eigenvalue weighted by Crippen LogP contribution is 2.19. The molecule has 1 unspecified atom stereocenters. The van der Waals surface area contributed by atoms with Crippen LogP contribution < -0.4 is 5.32 Å². The average molecular weight is 221 g/mol. The quantitative estimate of drug-likeness (QED) is 0.801. The molecule has 0 saturated heterocycles. The van der Waals surface area contributed by atoms with Crippen LogP contribution in [0.4, 0.5) is 0 Å². The normalized spacial score (nSPS) is 13.8. The molecule has 0 fully saturated rings. The first-order chi connectivity index (χ1) is 7.48. The molecule has 0 amide bonds. The molecule has 0 aliphatic rings. The Kier molecular flexibility index (Phi) is 4.51. The molecule has 0 aliphatic carbocycles. The summed E-state index contributed by atoms with van der Waals surface area (Å²) in [5.74, 6) is 0. The molecule has 16 heavy (non-hydrogen) atoms. The summed E-state index contributed by atoms with van der Waals surface area (Å²) in [5.41, 5.74) is 2.35. The number of aliphatic hydroxyl groups excluding tert-OH is 1. The van der Waals surface area contributed by atoms with Gasteiger partial charge < -0.3 is 10.4 Å². The Bertz CT molecular complexity index is 333. The zero-order valence-electron chi connectivity index (χ0n) is 10.7. The maximum atomic E-state index is 9.10. The van der Waals surface area contributed by atoms with Crippen molar-refractivity contribution >= 4 is 0 Å². The van der Waals surface area contributed by atoms with E-state index in [-0.39, 0.29) is 12.1 Å². The number of hydrogen-bond donors (Lipinski definition) is 2. The van der Waals surface area contributed by atoms with Gasteiger partial charge in [-0.3, -0.25) is 0 Å². The Morgan fingerprint density at radius 2 is 2.06 bits per heavy atom. The van der Waals surface area contributed by atoms with Gasteiger partial charge in [0.25, 0.3) is 0 Å². The number of nitrogens with one attached hydrogen (secondary N) is 1. The van der Waals surface area contributed by atoms with Crippen molar-refractivity contribution in [3.63, 3.8) is 0 Å². The van der Waals surface area contributed by atoms with Crippen molar-refractivity contribution in [1.82, 2.24) is 5.32 Å². The van der Waals surface area contributed by atoms with E-state index in [1.54, 1.807) is 0 Å². The molecule has 2 N–H and O–H groups in total. The molecule has 0 saturated carbocycles. The van der Waals surface area contributed by atoms with Crippen LogP contribution in [0.25, 0.3) is 0 Å². The van der Waals surface area contributed by atoms with Crippen LogP contribution in [0.1, 0.15) is 51.3 Å². The van der Waals surface area contributed by atoms with E-state index >= 15 is 0 Å². The highest BCUT2D eigenvalue weighted by molar-refractivity contribution is 5.25. The van der Waals surface area contributed by atoms with E-state index in [4.69, 9.17) is 5.11 Å². The highest BCUT2D eigenvalue weighted by Gasteiger charge is 2.18. The lowest BCUT2D eigenvalue weighted by atomic mass is 9.98. The Morgan fingerprint density at radius 3 is 2.62 bits per heavy atom. The summed E-state index contributed by atoms with van der Waals surface area (Å²) in [7, 11) is 0. The van der Waals surface area contributed by atoms with Gasteiger partial charge in [-0.05, 0) is 38.3 Å². The molecule has 1 atom stereocenters. The van der Waals surface area contributed by atoms with Crippen molar-refractivity contribution in [3.8, 4) is 0 Å². The summed E-state index contributed by atoms with van der Waals surface area (Å²) >= 11 is 0. The number of rotatable bonds is 5. The van der Waals surface area contributed by atoms with Crippen molar-refractivity contribution in [2.45, 2.75) is 52.3 Å². The maximum absolute atomic E-state index is 9.10. The first-order valence-electron chi connectivity index (χ1n) is 5.96. The predicted octanol–water partition coefficient (Wildman–Crippen LogP) is 3.02. The van der Waals surface area contributed by atoms with E-state index in [2.05, 4.69) is 45.1 Å². The second kappa shape index (κ2) is 5.46. The van der Waals surface area contributed by atoms with Gasteiger partial charge in [0.05, 0.1) is 6.61 Å². The lowest BCUT2D eigenvalue weighted by Gasteiger charge is -2.29. The van der Waals surface area contributed by atoms with Gasteiger partial charge >= 0.3 is 0 Å². The van der Waals surface area contributed by atoms with Crippen molar-refractivity contribution in [2.24, 2.45) is 0 Å². The van der Waals surface area contributed by atoms with Gasteiger partial charge in [0.1, 0.15) is 0 Å². The SMILES string of the molecule is CCC(C)(C)NC(C)c1cccc(CO)c1. The van der Waals surface area contributed by atoms with Crippen molar-refractivity contribution in [1.29, 1.82) is 0 Å². The highest BCUT2D eigenvalue weighted by atomic mass is 16.3. The standard InChI is InChI=1S/C14H23NO/c1-5-14(3,4)15-11(2)13-8-6-7-12(9-13)10-16/h6-9,11,15-16H,5,10H2,1-4H3. The van der Waals surface area contributed by atoms with Gasteiger partial charge in [0.2, 0.25) is 0 Å². The van der Waals surface area contributed by atoms with E-state index in [0.717, 1.165) is 12.0 Å². The first kappa shape index (κ1) is 13.2. The molecule has 0 heterocycles. The smallest absolute Gasteiger partial charge is 0.0681 e. The number of aliphatic hydroxyl groups is 1. The van der Waals surface area contributed by atoms with E-state index < -0.39 is 0 Å². The third-order valence-electron chi connectivity index (χ3n) is 3.12. The minimum atomic E-state index is 0.109. The Morgan fingerprint density at radius 1 is 1.38 bits per heavy atom. The van der Waals surface area contributed by atoms with Crippen LogP contribution in [0.2, 0.25) is 0 Å². The molecular weight excluding hydrogens is 198 g/mol. The van der Waals surface area contributed by atoms with Crippen LogP contribution in [-0.2, 0) is 6.61 Å². The first-order valence-corrected chi connectivity index (χ1v) is 5.96. The largest absolute Gasteiger partial charge is 0.392 e. The van der Waals surface area contributed by atoms with Gasteiger partial charge in [0.15, 0.2) is 0 Å². The topological polar surface area (TPSA) is 32.3 Å². The number of hydrogen-bond acceptors (Lipinski definition) is 2. The Labute approximate surface area is 98.7 Å². The molecule has 2 heteroatoms. The predicted molar refractivity (Wildman–Crippen MR) is 68.3 cm³/mol. The van der Waals surface area contributed by atoms with E-state index in [0.29, 0.717) is 6.04 Å². The van der Waals surface area contributed by atoms with Crippen LogP contribution in [-0.4, -0.2) is 10.6 Å². The van der Waals surface area contributed by atoms with Crippen LogP contribution in [0.5, 0.6) is 0 Å². The molecule has 0 radical (unpaired) electrons. The minimum Gasteiger partial charge on any atom is -0.392 e. The fraction of sp³-hybridized carbons (Fsp3) is 0.571. The molecule has 0 bridgehead atoms. The fourth-order valence-electron chi connectivity index (χ4n) is 1.73. The molecule has 2 nitrogen and oxygen atoms in total. The molecule has 0 spiro atoms. The summed E-state index contributed by atoms with van der Waals surface area (Å²) in [5, 5.41) is 12.7. The lowest BCUT2D eigenvalue weighted by molar-refractivity contribution is 0.281. The molecular formula is C14H23NO. The zero-order chi connectivity index (χ0) is 12.2. The minimum absolute atomic E-state index is 0.109. The Balaban J connectivity index is 2.76. The van der Waals surface area contributed by atoms with E-state index in [1.807, 2.05) is 12.1 Å². The fourth-order valence-corrected chi connectivity index (χ4v) is 1.73. The third-order valence-corrected chi connectivity index (χ3v) is 3.12. The molecule has 1 aromatic rings. The summed E-state index contributed by atoms with van der Waals surface area (Å²) in [6.07, 6.45) is 1.09. The summed E-state index contributed by atoms with van der Waals surface area (Å²) in [6.45, 7) is 8.87. The lowest BCUT2D eigenvalue weighted by Crippen LogP contribution is -2.40. The number of benzene rings is 1. The van der Waals surface area contributed by atoms with Crippen LogP contribution >= 0.6 is 0 Å². The summed E-state index contributed by atoms with van der Waals surface area (Å²) in [4.78, 5) is 0. The molecule has 90 valence electrons. The molecule has 1 rings (SSSR count).